The molecule has 0 amide bonds. The number of rotatable bonds is 5. The van der Waals surface area contributed by atoms with Crippen LogP contribution >= 0.6 is 0 Å². The van der Waals surface area contributed by atoms with Gasteiger partial charge in [0, 0.05) is 46.2 Å². The highest BCUT2D eigenvalue weighted by molar-refractivity contribution is 7.85. The largest absolute Gasteiger partial charge is 0.396 e. The summed E-state index contributed by atoms with van der Waals surface area (Å²) in [5, 5.41) is 21.9. The summed E-state index contributed by atoms with van der Waals surface area (Å²) in [6, 6.07) is 0. The van der Waals surface area contributed by atoms with Gasteiger partial charge in [0.25, 0.3) is 0 Å². The molecule has 0 aromatic carbocycles. The molecule has 29 heavy (non-hydrogen) atoms. The van der Waals surface area contributed by atoms with Crippen molar-refractivity contribution < 1.29 is 19.2 Å². The minimum absolute atomic E-state index is 0.0236. The molecule has 6 heteroatoms. The molecule has 0 heterocycles. The zero-order chi connectivity index (χ0) is 21.0. The SMILES string of the molecule is C[C@]12CC[C@@H](S(=O)CCCN)CC1[C@@H](CO)[C@@H](O)[C@@H]1[C@@H]2CC[C@]2(C)C(=O)CC[C@@H]12. The number of carbonyl (C=O) groups is 1. The molecule has 0 spiro atoms. The van der Waals surface area contributed by atoms with E-state index in [1.807, 2.05) is 0 Å². The standard InChI is InChI=1S/C23H39NO4S/c1-22-8-6-14(29(28)11-3-10-24)12-18(22)15(13-25)21(27)20-16-4-5-19(26)23(16,2)9-7-17(20)22/h14-18,20-21,25,27H,3-13,24H2,1-2H3/t14-,15-,16+,17+,18?,20+,21-,22-,23+,29?/m1/s1. The Morgan fingerprint density at radius 1 is 1.14 bits per heavy atom. The fourth-order valence-electron chi connectivity index (χ4n) is 8.05. The lowest BCUT2D eigenvalue weighted by Gasteiger charge is -2.63. The second-order valence-electron chi connectivity index (χ2n) is 10.8. The Morgan fingerprint density at radius 2 is 1.90 bits per heavy atom. The number of ketones is 1. The highest BCUT2D eigenvalue weighted by atomic mass is 32.2. The van der Waals surface area contributed by atoms with Crippen LogP contribution in [0.5, 0.6) is 0 Å². The Bertz CT molecular complexity index is 671. The van der Waals surface area contributed by atoms with E-state index in [1.54, 1.807) is 0 Å². The number of Topliss-reactive ketones (excluding diaryl/α,β-unsaturated/α-hetero) is 1. The molecule has 166 valence electrons. The highest BCUT2D eigenvalue weighted by Gasteiger charge is 2.65. The van der Waals surface area contributed by atoms with Crippen molar-refractivity contribution in [3.63, 3.8) is 0 Å². The third-order valence-electron chi connectivity index (χ3n) is 9.74. The van der Waals surface area contributed by atoms with Gasteiger partial charge in [-0.3, -0.25) is 9.00 Å². The van der Waals surface area contributed by atoms with Gasteiger partial charge < -0.3 is 15.9 Å². The Hall–Kier alpha value is -0.300. The normalized spacial score (nSPS) is 50.5. The Balaban J connectivity index is 1.62. The molecule has 5 nitrogen and oxygen atoms in total. The van der Waals surface area contributed by atoms with Gasteiger partial charge in [0.1, 0.15) is 5.78 Å². The number of aliphatic hydroxyl groups excluding tert-OH is 2. The maximum Gasteiger partial charge on any atom is 0.139 e. The van der Waals surface area contributed by atoms with E-state index < -0.39 is 16.9 Å². The van der Waals surface area contributed by atoms with Crippen molar-refractivity contribution in [1.29, 1.82) is 0 Å². The van der Waals surface area contributed by atoms with Crippen molar-refractivity contribution in [3.05, 3.63) is 0 Å². The summed E-state index contributed by atoms with van der Waals surface area (Å²) in [5.74, 6) is 1.81. The van der Waals surface area contributed by atoms with Crippen LogP contribution in [0.15, 0.2) is 0 Å². The molecular weight excluding hydrogens is 386 g/mol. The van der Waals surface area contributed by atoms with E-state index in [-0.39, 0.29) is 46.4 Å². The third-order valence-corrected chi connectivity index (χ3v) is 11.6. The molecule has 2 unspecified atom stereocenters. The highest BCUT2D eigenvalue weighted by Crippen LogP contribution is 2.66. The van der Waals surface area contributed by atoms with E-state index in [4.69, 9.17) is 5.73 Å². The second kappa shape index (κ2) is 7.99. The molecule has 0 saturated heterocycles. The molecule has 4 rings (SSSR count). The van der Waals surface area contributed by atoms with Crippen molar-refractivity contribution >= 4 is 16.6 Å². The van der Waals surface area contributed by atoms with Gasteiger partial charge in [0.05, 0.1) is 6.10 Å². The minimum Gasteiger partial charge on any atom is -0.396 e. The van der Waals surface area contributed by atoms with Crippen LogP contribution in [0.25, 0.3) is 0 Å². The van der Waals surface area contributed by atoms with Crippen LogP contribution in [-0.4, -0.2) is 50.5 Å². The zero-order valence-corrected chi connectivity index (χ0v) is 18.8. The van der Waals surface area contributed by atoms with Crippen LogP contribution in [0.3, 0.4) is 0 Å². The maximum atomic E-state index is 12.8. The van der Waals surface area contributed by atoms with Crippen LogP contribution in [-0.2, 0) is 15.6 Å². The lowest BCUT2D eigenvalue weighted by atomic mass is 9.42. The molecule has 4 aliphatic carbocycles. The zero-order valence-electron chi connectivity index (χ0n) is 18.0. The van der Waals surface area contributed by atoms with Gasteiger partial charge in [-0.1, -0.05) is 13.8 Å². The topological polar surface area (TPSA) is 101 Å². The van der Waals surface area contributed by atoms with Crippen LogP contribution in [0.4, 0.5) is 0 Å². The van der Waals surface area contributed by atoms with Crippen molar-refractivity contribution in [2.45, 2.75) is 76.6 Å². The summed E-state index contributed by atoms with van der Waals surface area (Å²) in [6.45, 7) is 5.03. The molecule has 4 aliphatic rings. The van der Waals surface area contributed by atoms with Crippen LogP contribution in [0, 0.1) is 40.4 Å². The van der Waals surface area contributed by atoms with Crippen molar-refractivity contribution in [3.8, 4) is 0 Å². The van der Waals surface area contributed by atoms with Crippen molar-refractivity contribution in [1.82, 2.24) is 0 Å². The monoisotopic (exact) mass is 425 g/mol. The molecule has 0 aliphatic heterocycles. The number of fused-ring (bicyclic) bond motifs is 5. The van der Waals surface area contributed by atoms with Gasteiger partial charge in [-0.05, 0) is 80.6 Å². The maximum absolute atomic E-state index is 12.8. The molecule has 0 radical (unpaired) electrons. The summed E-state index contributed by atoms with van der Waals surface area (Å²) in [7, 11) is -0.881. The first kappa shape index (κ1) is 21.9. The quantitative estimate of drug-likeness (QED) is 0.627. The van der Waals surface area contributed by atoms with Crippen LogP contribution in [0.1, 0.15) is 65.2 Å². The van der Waals surface area contributed by atoms with Crippen molar-refractivity contribution in [2.75, 3.05) is 18.9 Å². The smallest absolute Gasteiger partial charge is 0.139 e. The number of hydrogen-bond donors (Lipinski definition) is 3. The second-order valence-corrected chi connectivity index (χ2v) is 12.6. The lowest BCUT2D eigenvalue weighted by Crippen LogP contribution is -2.63. The van der Waals surface area contributed by atoms with Gasteiger partial charge in [-0.2, -0.15) is 0 Å². The van der Waals surface area contributed by atoms with E-state index in [1.165, 1.54) is 0 Å². The first-order valence-corrected chi connectivity index (χ1v) is 13.1. The summed E-state index contributed by atoms with van der Waals surface area (Å²) < 4.78 is 12.8. The molecule has 4 N–H and O–H groups in total. The van der Waals surface area contributed by atoms with Crippen LogP contribution in [0.2, 0.25) is 0 Å². The van der Waals surface area contributed by atoms with Gasteiger partial charge in [0.15, 0.2) is 0 Å². The Labute approximate surface area is 177 Å². The number of aliphatic hydroxyl groups is 2. The number of hydrogen-bond acceptors (Lipinski definition) is 5. The first-order valence-electron chi connectivity index (χ1n) is 11.7. The van der Waals surface area contributed by atoms with Gasteiger partial charge in [-0.15, -0.1) is 0 Å². The summed E-state index contributed by atoms with van der Waals surface area (Å²) in [6.07, 6.45) is 6.49. The van der Waals surface area contributed by atoms with E-state index in [2.05, 4.69) is 13.8 Å². The fraction of sp³-hybridized carbons (Fsp3) is 0.957. The molecule has 4 saturated carbocycles. The molecule has 0 aromatic rings. The predicted octanol–water partition coefficient (Wildman–Crippen LogP) is 2.25. The van der Waals surface area contributed by atoms with E-state index in [0.717, 1.165) is 44.9 Å². The van der Waals surface area contributed by atoms with Gasteiger partial charge >= 0.3 is 0 Å². The molecule has 0 bridgehead atoms. The summed E-state index contributed by atoms with van der Waals surface area (Å²) in [4.78, 5) is 12.7. The Kier molecular flexibility index (Phi) is 6.04. The average molecular weight is 426 g/mol. The van der Waals surface area contributed by atoms with Gasteiger partial charge in [-0.25, -0.2) is 0 Å². The fourth-order valence-corrected chi connectivity index (χ4v) is 9.64. The first-order chi connectivity index (χ1) is 13.8. The van der Waals surface area contributed by atoms with Gasteiger partial charge in [0.2, 0.25) is 0 Å². The van der Waals surface area contributed by atoms with Crippen LogP contribution < -0.4 is 5.73 Å². The molecule has 0 aromatic heterocycles. The van der Waals surface area contributed by atoms with E-state index >= 15 is 0 Å². The third kappa shape index (κ3) is 3.28. The predicted molar refractivity (Wildman–Crippen MR) is 115 cm³/mol. The van der Waals surface area contributed by atoms with Crippen molar-refractivity contribution in [2.24, 2.45) is 46.2 Å². The number of carbonyl (C=O) groups excluding carboxylic acids is 1. The summed E-state index contributed by atoms with van der Waals surface area (Å²) in [5.41, 5.74) is 5.38. The lowest BCUT2D eigenvalue weighted by molar-refractivity contribution is -0.195. The number of nitrogens with two attached hydrogens (primary N) is 1. The minimum atomic E-state index is -0.881. The molecule has 4 fully saturated rings. The van der Waals surface area contributed by atoms with E-state index in [9.17, 15) is 19.2 Å². The summed E-state index contributed by atoms with van der Waals surface area (Å²) >= 11 is 0. The average Bonchev–Trinajstić information content (AvgIpc) is 3.01. The molecular formula is C23H39NO4S. The Morgan fingerprint density at radius 3 is 2.59 bits per heavy atom. The van der Waals surface area contributed by atoms with E-state index in [0.29, 0.717) is 30.4 Å². The molecule has 10 atom stereocenters.